The molecule has 15 heavy (non-hydrogen) atoms. The molecule has 0 radical (unpaired) electrons. The second-order valence-corrected chi connectivity index (χ2v) is 4.35. The number of hydrogen-bond donors (Lipinski definition) is 1. The van der Waals surface area contributed by atoms with E-state index in [1.165, 1.54) is 11.3 Å². The first kappa shape index (κ1) is 10.4. The predicted molar refractivity (Wildman–Crippen MR) is 58.0 cm³/mol. The van der Waals surface area contributed by atoms with Gasteiger partial charge in [0.2, 0.25) is 0 Å². The maximum absolute atomic E-state index is 11.5. The summed E-state index contributed by atoms with van der Waals surface area (Å²) >= 11 is 1.30. The molecular weight excluding hydrogens is 214 g/mol. The number of ether oxygens (including phenoxy) is 2. The van der Waals surface area contributed by atoms with Crippen LogP contribution in [0.1, 0.15) is 22.5 Å². The molecule has 0 bridgehead atoms. The highest BCUT2D eigenvalue weighted by molar-refractivity contribution is 7.12. The Bertz CT molecular complexity index is 344. The summed E-state index contributed by atoms with van der Waals surface area (Å²) in [5.74, 6) is -0.349. The minimum absolute atomic E-state index is 0.0649. The molecule has 4 nitrogen and oxygen atoms in total. The summed E-state index contributed by atoms with van der Waals surface area (Å²) < 4.78 is 10.5. The van der Waals surface area contributed by atoms with E-state index in [1.807, 2.05) is 0 Å². The van der Waals surface area contributed by atoms with E-state index in [0.29, 0.717) is 17.2 Å². The number of rotatable bonds is 3. The quantitative estimate of drug-likeness (QED) is 0.798. The van der Waals surface area contributed by atoms with Gasteiger partial charge in [0, 0.05) is 6.61 Å². The SMILES string of the molecule is Nc1ccsc1C(=O)OCC1CCCO1. The first-order valence-corrected chi connectivity index (χ1v) is 5.77. The standard InChI is InChI=1S/C10H13NO3S/c11-8-3-5-15-9(8)10(12)14-6-7-2-1-4-13-7/h3,5,7H,1-2,4,6,11H2. The van der Waals surface area contributed by atoms with Gasteiger partial charge in [0.25, 0.3) is 0 Å². The topological polar surface area (TPSA) is 61.6 Å². The summed E-state index contributed by atoms with van der Waals surface area (Å²) in [6, 6.07) is 1.70. The lowest BCUT2D eigenvalue weighted by molar-refractivity contribution is 0.0166. The minimum atomic E-state index is -0.349. The van der Waals surface area contributed by atoms with E-state index < -0.39 is 0 Å². The molecule has 1 aliphatic heterocycles. The third kappa shape index (κ3) is 2.49. The van der Waals surface area contributed by atoms with Crippen LogP contribution in [-0.2, 0) is 9.47 Å². The number of nitrogen functional groups attached to an aromatic ring is 1. The molecule has 0 aromatic carbocycles. The molecule has 0 aliphatic carbocycles. The van der Waals surface area contributed by atoms with Gasteiger partial charge in [-0.05, 0) is 24.3 Å². The summed E-state index contributed by atoms with van der Waals surface area (Å²) in [4.78, 5) is 12.0. The maximum atomic E-state index is 11.5. The first-order chi connectivity index (χ1) is 7.27. The Morgan fingerprint density at radius 1 is 1.73 bits per heavy atom. The Hall–Kier alpha value is -1.07. The Morgan fingerprint density at radius 3 is 3.20 bits per heavy atom. The van der Waals surface area contributed by atoms with Crippen LogP contribution in [0.15, 0.2) is 11.4 Å². The van der Waals surface area contributed by atoms with Crippen molar-refractivity contribution in [1.29, 1.82) is 0 Å². The molecule has 1 fully saturated rings. The molecule has 2 heterocycles. The monoisotopic (exact) mass is 227 g/mol. The molecular formula is C10H13NO3S. The molecule has 1 atom stereocenters. The maximum Gasteiger partial charge on any atom is 0.350 e. The van der Waals surface area contributed by atoms with E-state index in [0.717, 1.165) is 19.4 Å². The van der Waals surface area contributed by atoms with E-state index in [2.05, 4.69) is 0 Å². The van der Waals surface area contributed by atoms with E-state index in [1.54, 1.807) is 11.4 Å². The second kappa shape index (κ2) is 4.63. The van der Waals surface area contributed by atoms with Crippen LogP contribution in [0.2, 0.25) is 0 Å². The number of anilines is 1. The van der Waals surface area contributed by atoms with Gasteiger partial charge in [-0.15, -0.1) is 11.3 Å². The second-order valence-electron chi connectivity index (χ2n) is 3.44. The van der Waals surface area contributed by atoms with E-state index in [-0.39, 0.29) is 12.1 Å². The van der Waals surface area contributed by atoms with Crippen molar-refractivity contribution in [2.45, 2.75) is 18.9 Å². The predicted octanol–water partition coefficient (Wildman–Crippen LogP) is 1.67. The van der Waals surface area contributed by atoms with Gasteiger partial charge in [-0.3, -0.25) is 0 Å². The molecule has 82 valence electrons. The van der Waals surface area contributed by atoms with Crippen LogP contribution >= 0.6 is 11.3 Å². The zero-order chi connectivity index (χ0) is 10.7. The molecule has 2 rings (SSSR count). The van der Waals surface area contributed by atoms with Gasteiger partial charge in [-0.1, -0.05) is 0 Å². The third-order valence-electron chi connectivity index (χ3n) is 2.31. The highest BCUT2D eigenvalue weighted by Gasteiger charge is 2.19. The fraction of sp³-hybridized carbons (Fsp3) is 0.500. The zero-order valence-electron chi connectivity index (χ0n) is 8.27. The number of hydrogen-bond acceptors (Lipinski definition) is 5. The van der Waals surface area contributed by atoms with Crippen molar-refractivity contribution >= 4 is 23.0 Å². The summed E-state index contributed by atoms with van der Waals surface area (Å²) in [6.45, 7) is 1.10. The third-order valence-corrected chi connectivity index (χ3v) is 3.22. The number of carbonyl (C=O) groups excluding carboxylic acids is 1. The van der Waals surface area contributed by atoms with Gasteiger partial charge in [-0.25, -0.2) is 4.79 Å². The smallest absolute Gasteiger partial charge is 0.350 e. The minimum Gasteiger partial charge on any atom is -0.459 e. The van der Waals surface area contributed by atoms with Gasteiger partial charge in [0.15, 0.2) is 0 Å². The van der Waals surface area contributed by atoms with Crippen LogP contribution in [0.3, 0.4) is 0 Å². The van der Waals surface area contributed by atoms with E-state index >= 15 is 0 Å². The number of thiophene rings is 1. The van der Waals surface area contributed by atoms with E-state index in [4.69, 9.17) is 15.2 Å². The van der Waals surface area contributed by atoms with Crippen molar-refractivity contribution < 1.29 is 14.3 Å². The summed E-state index contributed by atoms with van der Waals surface area (Å²) in [5, 5.41) is 1.78. The number of nitrogens with two attached hydrogens (primary N) is 1. The van der Waals surface area contributed by atoms with Crippen LogP contribution in [0, 0.1) is 0 Å². The van der Waals surface area contributed by atoms with Crippen molar-refractivity contribution in [2.75, 3.05) is 18.9 Å². The molecule has 1 aromatic heterocycles. The van der Waals surface area contributed by atoms with Crippen LogP contribution in [-0.4, -0.2) is 25.3 Å². The van der Waals surface area contributed by atoms with Crippen molar-refractivity contribution in [1.82, 2.24) is 0 Å². The Balaban J connectivity index is 1.84. The number of carbonyl (C=O) groups is 1. The molecule has 0 amide bonds. The molecule has 2 N–H and O–H groups in total. The Kier molecular flexibility index (Phi) is 3.23. The fourth-order valence-electron chi connectivity index (χ4n) is 1.50. The Labute approximate surface area is 92.0 Å². The lowest BCUT2D eigenvalue weighted by Gasteiger charge is -2.09. The molecule has 0 spiro atoms. The van der Waals surface area contributed by atoms with Crippen LogP contribution < -0.4 is 5.73 Å². The fourth-order valence-corrected chi connectivity index (χ4v) is 2.21. The van der Waals surface area contributed by atoms with Crippen LogP contribution in [0.5, 0.6) is 0 Å². The van der Waals surface area contributed by atoms with Crippen molar-refractivity contribution in [3.63, 3.8) is 0 Å². The lowest BCUT2D eigenvalue weighted by Crippen LogP contribution is -2.17. The molecule has 1 saturated heterocycles. The Morgan fingerprint density at radius 2 is 2.60 bits per heavy atom. The largest absolute Gasteiger partial charge is 0.459 e. The van der Waals surface area contributed by atoms with Crippen molar-refractivity contribution in [3.8, 4) is 0 Å². The molecule has 1 unspecified atom stereocenters. The van der Waals surface area contributed by atoms with Gasteiger partial charge in [-0.2, -0.15) is 0 Å². The van der Waals surface area contributed by atoms with Gasteiger partial charge in [0.1, 0.15) is 11.5 Å². The van der Waals surface area contributed by atoms with Crippen LogP contribution in [0.4, 0.5) is 5.69 Å². The normalized spacial score (nSPS) is 20.4. The highest BCUT2D eigenvalue weighted by atomic mass is 32.1. The van der Waals surface area contributed by atoms with Crippen molar-refractivity contribution in [2.24, 2.45) is 0 Å². The van der Waals surface area contributed by atoms with E-state index in [9.17, 15) is 4.79 Å². The molecule has 1 aromatic rings. The van der Waals surface area contributed by atoms with Crippen molar-refractivity contribution in [3.05, 3.63) is 16.3 Å². The summed E-state index contributed by atoms with van der Waals surface area (Å²) in [5.41, 5.74) is 6.09. The average Bonchev–Trinajstić information content (AvgIpc) is 2.84. The van der Waals surface area contributed by atoms with Crippen LogP contribution in [0.25, 0.3) is 0 Å². The lowest BCUT2D eigenvalue weighted by atomic mass is 10.2. The molecule has 1 aliphatic rings. The molecule has 0 saturated carbocycles. The van der Waals surface area contributed by atoms with Gasteiger partial charge >= 0.3 is 5.97 Å². The summed E-state index contributed by atoms with van der Waals surface area (Å²) in [7, 11) is 0. The van der Waals surface area contributed by atoms with Gasteiger partial charge < -0.3 is 15.2 Å². The highest BCUT2D eigenvalue weighted by Crippen LogP contribution is 2.20. The average molecular weight is 227 g/mol. The first-order valence-electron chi connectivity index (χ1n) is 4.89. The number of esters is 1. The summed E-state index contributed by atoms with van der Waals surface area (Å²) in [6.07, 6.45) is 2.08. The van der Waals surface area contributed by atoms with Gasteiger partial charge in [0.05, 0.1) is 11.8 Å². The molecule has 5 heteroatoms. The zero-order valence-corrected chi connectivity index (χ0v) is 9.09.